The molecule has 238 valence electrons. The maximum atomic E-state index is 13.6. The molecule has 0 aliphatic carbocycles. The van der Waals surface area contributed by atoms with Crippen molar-refractivity contribution >= 4 is 29.3 Å². The lowest BCUT2D eigenvalue weighted by molar-refractivity contribution is 0.0990. The van der Waals surface area contributed by atoms with Crippen LogP contribution >= 0.6 is 0 Å². The minimum atomic E-state index is -0.532. The van der Waals surface area contributed by atoms with Crippen LogP contribution in [0.1, 0.15) is 38.3 Å². The quantitative estimate of drug-likeness (QED) is 0.144. The number of hydrogen-bond acceptors (Lipinski definition) is 5. The predicted molar refractivity (Wildman–Crippen MR) is 186 cm³/mol. The van der Waals surface area contributed by atoms with Crippen molar-refractivity contribution < 1.29 is 23.9 Å². The summed E-state index contributed by atoms with van der Waals surface area (Å²) in [5.41, 5.74) is 5.84. The Morgan fingerprint density at radius 2 is 1.47 bits per heavy atom. The van der Waals surface area contributed by atoms with Gasteiger partial charge in [-0.3, -0.25) is 9.59 Å². The minimum Gasteiger partial charge on any atom is -0.491 e. The van der Waals surface area contributed by atoms with E-state index >= 15 is 0 Å². The van der Waals surface area contributed by atoms with E-state index in [0.29, 0.717) is 53.6 Å². The zero-order valence-electron chi connectivity index (χ0n) is 26.7. The molecular weight excluding hydrogens is 590 g/mol. The molecule has 0 aliphatic rings. The number of hydrogen-bond donors (Lipinski definition) is 2. The highest BCUT2D eigenvalue weighted by atomic mass is 16.6. The second-order valence-electron chi connectivity index (χ2n) is 11.1. The summed E-state index contributed by atoms with van der Waals surface area (Å²) in [5.74, 6) is 0.568. The highest BCUT2D eigenvalue weighted by Crippen LogP contribution is 2.30. The fraction of sp³-hybridized carbons (Fsp3) is 0.154. The van der Waals surface area contributed by atoms with Gasteiger partial charge in [0.1, 0.15) is 11.5 Å². The average molecular weight is 628 g/mol. The van der Waals surface area contributed by atoms with Crippen LogP contribution in [0.25, 0.3) is 11.1 Å². The molecule has 0 radical (unpaired) electrons. The van der Waals surface area contributed by atoms with Gasteiger partial charge in [-0.1, -0.05) is 78.4 Å². The first-order valence-corrected chi connectivity index (χ1v) is 15.4. The third kappa shape index (κ3) is 8.43. The van der Waals surface area contributed by atoms with Crippen molar-refractivity contribution in [2.75, 3.05) is 30.4 Å². The van der Waals surface area contributed by atoms with E-state index in [1.807, 2.05) is 86.6 Å². The smallest absolute Gasteiger partial charge is 0.412 e. The lowest BCUT2D eigenvalue weighted by atomic mass is 9.97. The Kier molecular flexibility index (Phi) is 10.7. The molecule has 2 N–H and O–H groups in total. The molecule has 3 amide bonds. The van der Waals surface area contributed by atoms with Crippen molar-refractivity contribution in [3.8, 4) is 22.6 Å². The fourth-order valence-corrected chi connectivity index (χ4v) is 5.08. The second-order valence-corrected chi connectivity index (χ2v) is 11.1. The molecule has 8 heteroatoms. The SMILES string of the molecule is Cc1ccc(-c2ccccc2)c(C(=O)Nc2ccc(C(=O)N(C)c3ccccc3OCCCNC(=O)Oc3ccccc3)cc2C)c1. The van der Waals surface area contributed by atoms with Crippen molar-refractivity contribution in [1.29, 1.82) is 0 Å². The summed E-state index contributed by atoms with van der Waals surface area (Å²) in [6.45, 7) is 4.51. The Labute approximate surface area is 275 Å². The molecule has 0 aliphatic heterocycles. The van der Waals surface area contributed by atoms with Crippen molar-refractivity contribution in [1.82, 2.24) is 5.32 Å². The molecule has 0 saturated carbocycles. The summed E-state index contributed by atoms with van der Waals surface area (Å²) in [6.07, 6.45) is 0.00684. The lowest BCUT2D eigenvalue weighted by Crippen LogP contribution is -2.29. The van der Waals surface area contributed by atoms with E-state index in [4.69, 9.17) is 9.47 Å². The normalized spacial score (nSPS) is 10.5. The van der Waals surface area contributed by atoms with Crippen LogP contribution in [0, 0.1) is 13.8 Å². The summed E-state index contributed by atoms with van der Waals surface area (Å²) >= 11 is 0. The van der Waals surface area contributed by atoms with Crippen LogP contribution in [0.2, 0.25) is 0 Å². The Hall–Kier alpha value is -5.89. The van der Waals surface area contributed by atoms with Crippen LogP contribution < -0.4 is 25.0 Å². The van der Waals surface area contributed by atoms with Crippen molar-refractivity contribution in [3.05, 3.63) is 144 Å². The van der Waals surface area contributed by atoms with E-state index in [2.05, 4.69) is 10.6 Å². The Morgan fingerprint density at radius 1 is 0.766 bits per heavy atom. The number of ether oxygens (including phenoxy) is 2. The summed E-state index contributed by atoms with van der Waals surface area (Å²) < 4.78 is 11.2. The second kappa shape index (κ2) is 15.4. The number of benzene rings is 5. The largest absolute Gasteiger partial charge is 0.491 e. The highest BCUT2D eigenvalue weighted by Gasteiger charge is 2.19. The van der Waals surface area contributed by atoms with Gasteiger partial charge in [-0.05, 0) is 85.5 Å². The third-order valence-corrected chi connectivity index (χ3v) is 7.56. The molecule has 0 unspecified atom stereocenters. The Morgan fingerprint density at radius 3 is 2.21 bits per heavy atom. The van der Waals surface area contributed by atoms with Gasteiger partial charge in [-0.25, -0.2) is 4.79 Å². The number of para-hydroxylation sites is 3. The number of amides is 3. The fourth-order valence-electron chi connectivity index (χ4n) is 5.08. The van der Waals surface area contributed by atoms with Crippen LogP contribution in [0.5, 0.6) is 11.5 Å². The van der Waals surface area contributed by atoms with Crippen LogP contribution in [0.3, 0.4) is 0 Å². The molecule has 0 atom stereocenters. The molecule has 0 heterocycles. The van der Waals surface area contributed by atoms with E-state index in [0.717, 1.165) is 22.3 Å². The average Bonchev–Trinajstić information content (AvgIpc) is 3.09. The number of rotatable bonds is 11. The first-order valence-electron chi connectivity index (χ1n) is 15.4. The molecular formula is C39H37N3O5. The Balaban J connectivity index is 1.20. The lowest BCUT2D eigenvalue weighted by Gasteiger charge is -2.21. The number of carbonyl (C=O) groups excluding carboxylic acids is 3. The number of aryl methyl sites for hydroxylation is 2. The van der Waals surface area contributed by atoms with Gasteiger partial charge in [-0.2, -0.15) is 0 Å². The summed E-state index contributed by atoms with van der Waals surface area (Å²) in [6, 6.07) is 37.0. The number of anilines is 2. The molecule has 8 nitrogen and oxygen atoms in total. The summed E-state index contributed by atoms with van der Waals surface area (Å²) in [5, 5.41) is 5.74. The highest BCUT2D eigenvalue weighted by molar-refractivity contribution is 6.10. The zero-order chi connectivity index (χ0) is 33.2. The first-order chi connectivity index (χ1) is 22.8. The van der Waals surface area contributed by atoms with Gasteiger partial charge >= 0.3 is 6.09 Å². The maximum absolute atomic E-state index is 13.6. The topological polar surface area (TPSA) is 97.0 Å². The van der Waals surface area contributed by atoms with Gasteiger partial charge in [0.25, 0.3) is 11.8 Å². The Bertz CT molecular complexity index is 1860. The molecule has 0 saturated heterocycles. The minimum absolute atomic E-state index is 0.221. The maximum Gasteiger partial charge on any atom is 0.412 e. The van der Waals surface area contributed by atoms with Gasteiger partial charge in [0.05, 0.1) is 12.3 Å². The van der Waals surface area contributed by atoms with Gasteiger partial charge in [0.2, 0.25) is 0 Å². The number of carbonyl (C=O) groups is 3. The molecule has 0 spiro atoms. The van der Waals surface area contributed by atoms with Gasteiger partial charge in [-0.15, -0.1) is 0 Å². The van der Waals surface area contributed by atoms with E-state index in [1.165, 1.54) is 4.90 Å². The van der Waals surface area contributed by atoms with Crippen molar-refractivity contribution in [2.45, 2.75) is 20.3 Å². The van der Waals surface area contributed by atoms with E-state index in [1.54, 1.807) is 55.6 Å². The molecule has 0 fully saturated rings. The van der Waals surface area contributed by atoms with Gasteiger partial charge in [0.15, 0.2) is 0 Å². The molecule has 0 aromatic heterocycles. The summed E-state index contributed by atoms with van der Waals surface area (Å²) in [7, 11) is 1.69. The van der Waals surface area contributed by atoms with Gasteiger partial charge in [0, 0.05) is 30.4 Å². The standard InChI is InChI=1S/C39H37N3O5/c1-27-19-21-32(29-13-6-4-7-14-29)33(25-27)37(43)41-34-22-20-30(26-28(34)2)38(44)42(3)35-17-10-11-18-36(35)46-24-12-23-40-39(45)47-31-15-8-5-9-16-31/h4-11,13-22,25-26H,12,23-24H2,1-3H3,(H,40,45)(H,41,43). The van der Waals surface area contributed by atoms with Crippen LogP contribution in [0.15, 0.2) is 121 Å². The third-order valence-electron chi connectivity index (χ3n) is 7.56. The molecule has 5 aromatic rings. The zero-order valence-corrected chi connectivity index (χ0v) is 26.7. The van der Waals surface area contributed by atoms with Crippen LogP contribution in [-0.4, -0.2) is 38.1 Å². The first kappa shape index (κ1) is 32.5. The number of nitrogens with one attached hydrogen (secondary N) is 2. The molecule has 5 aromatic carbocycles. The van der Waals surface area contributed by atoms with E-state index < -0.39 is 6.09 Å². The van der Waals surface area contributed by atoms with E-state index in [9.17, 15) is 14.4 Å². The monoisotopic (exact) mass is 627 g/mol. The predicted octanol–water partition coefficient (Wildman–Crippen LogP) is 8.06. The van der Waals surface area contributed by atoms with E-state index in [-0.39, 0.29) is 11.8 Å². The number of nitrogens with zero attached hydrogens (tertiary/aromatic N) is 1. The summed E-state index contributed by atoms with van der Waals surface area (Å²) in [4.78, 5) is 40.6. The van der Waals surface area contributed by atoms with Crippen molar-refractivity contribution in [3.63, 3.8) is 0 Å². The molecule has 0 bridgehead atoms. The van der Waals surface area contributed by atoms with Crippen molar-refractivity contribution in [2.24, 2.45) is 0 Å². The van der Waals surface area contributed by atoms with Crippen LogP contribution in [-0.2, 0) is 0 Å². The molecule has 5 rings (SSSR count). The van der Waals surface area contributed by atoms with Crippen LogP contribution in [0.4, 0.5) is 16.2 Å². The molecule has 47 heavy (non-hydrogen) atoms. The van der Waals surface area contributed by atoms with Gasteiger partial charge < -0.3 is 25.0 Å².